The molecule has 2 aliphatic rings. The number of rotatable bonds is 0. The molecule has 2 heterocycles. The lowest BCUT2D eigenvalue weighted by atomic mass is 10.1. The Labute approximate surface area is 102 Å². The number of morpholine rings is 1. The summed E-state index contributed by atoms with van der Waals surface area (Å²) in [6.45, 7) is 3.64. The summed E-state index contributed by atoms with van der Waals surface area (Å²) in [5.41, 5.74) is 2.54. The Kier molecular flexibility index (Phi) is 3.10. The molecule has 0 atom stereocenters. The number of hydrogen-bond acceptors (Lipinski definition) is 3. The average Bonchev–Trinajstić information content (AvgIpc) is 2.62. The van der Waals surface area contributed by atoms with Crippen LogP contribution in [0.2, 0.25) is 0 Å². The van der Waals surface area contributed by atoms with Crippen molar-refractivity contribution in [3.8, 4) is 0 Å². The van der Waals surface area contributed by atoms with E-state index in [9.17, 15) is 0 Å². The van der Waals surface area contributed by atoms with Crippen molar-refractivity contribution in [2.45, 2.75) is 19.3 Å². The lowest BCUT2D eigenvalue weighted by Crippen LogP contribution is -2.40. The van der Waals surface area contributed by atoms with Crippen molar-refractivity contribution in [3.05, 3.63) is 29.8 Å². The van der Waals surface area contributed by atoms with Gasteiger partial charge in [-0.05, 0) is 24.5 Å². The fourth-order valence-electron chi connectivity index (χ4n) is 2.51. The van der Waals surface area contributed by atoms with E-state index in [2.05, 4.69) is 29.2 Å². The molecular weight excluding hydrogens is 212 g/mol. The number of nitrogens with zero attached hydrogens (tertiary/aromatic N) is 2. The number of aliphatic imine (C=N–C) groups is 1. The Hall–Kier alpha value is -1.35. The second-order valence-electron chi connectivity index (χ2n) is 4.61. The van der Waals surface area contributed by atoms with Gasteiger partial charge in [-0.3, -0.25) is 0 Å². The highest BCUT2D eigenvalue weighted by atomic mass is 16.5. The van der Waals surface area contributed by atoms with E-state index in [1.807, 2.05) is 0 Å². The van der Waals surface area contributed by atoms with Crippen LogP contribution in [0.15, 0.2) is 29.3 Å². The van der Waals surface area contributed by atoms with Gasteiger partial charge in [0.05, 0.1) is 18.9 Å². The van der Waals surface area contributed by atoms with Gasteiger partial charge in [0, 0.05) is 19.5 Å². The van der Waals surface area contributed by atoms with Crippen LogP contribution in [0.1, 0.15) is 18.4 Å². The largest absolute Gasteiger partial charge is 0.378 e. The molecule has 0 radical (unpaired) electrons. The van der Waals surface area contributed by atoms with Crippen LogP contribution in [-0.2, 0) is 11.2 Å². The zero-order valence-corrected chi connectivity index (χ0v) is 10.1. The third kappa shape index (κ3) is 2.34. The highest BCUT2D eigenvalue weighted by molar-refractivity contribution is 5.86. The van der Waals surface area contributed by atoms with Gasteiger partial charge < -0.3 is 9.64 Å². The minimum atomic E-state index is 0.834. The van der Waals surface area contributed by atoms with E-state index in [0.29, 0.717) is 0 Å². The van der Waals surface area contributed by atoms with E-state index in [1.54, 1.807) is 0 Å². The van der Waals surface area contributed by atoms with E-state index in [1.165, 1.54) is 17.8 Å². The van der Waals surface area contributed by atoms with Gasteiger partial charge in [-0.1, -0.05) is 18.2 Å². The van der Waals surface area contributed by atoms with Crippen LogP contribution in [-0.4, -0.2) is 37.0 Å². The second kappa shape index (κ2) is 4.88. The first-order valence-electron chi connectivity index (χ1n) is 6.42. The van der Waals surface area contributed by atoms with Gasteiger partial charge in [0.15, 0.2) is 0 Å². The van der Waals surface area contributed by atoms with Crippen molar-refractivity contribution in [1.82, 2.24) is 4.90 Å². The molecule has 2 aliphatic heterocycles. The van der Waals surface area contributed by atoms with Gasteiger partial charge in [-0.15, -0.1) is 0 Å². The fourth-order valence-corrected chi connectivity index (χ4v) is 2.51. The van der Waals surface area contributed by atoms with Crippen LogP contribution >= 0.6 is 0 Å². The molecule has 90 valence electrons. The van der Waals surface area contributed by atoms with Crippen molar-refractivity contribution in [3.63, 3.8) is 0 Å². The van der Waals surface area contributed by atoms with Crippen LogP contribution in [0, 0.1) is 0 Å². The number of fused-ring (bicyclic) bond motifs is 1. The Morgan fingerprint density at radius 2 is 1.88 bits per heavy atom. The van der Waals surface area contributed by atoms with Crippen molar-refractivity contribution >= 4 is 11.5 Å². The molecule has 0 unspecified atom stereocenters. The summed E-state index contributed by atoms with van der Waals surface area (Å²) in [4.78, 5) is 7.23. The van der Waals surface area contributed by atoms with Crippen LogP contribution in [0.25, 0.3) is 0 Å². The molecule has 0 spiro atoms. The minimum Gasteiger partial charge on any atom is -0.378 e. The SMILES string of the molecule is c1ccc2c(c1)CCCC(N1CCOCC1)=N2. The quantitative estimate of drug-likeness (QED) is 0.683. The van der Waals surface area contributed by atoms with E-state index in [4.69, 9.17) is 9.73 Å². The summed E-state index contributed by atoms with van der Waals surface area (Å²) < 4.78 is 5.39. The summed E-state index contributed by atoms with van der Waals surface area (Å²) in [7, 11) is 0. The first kappa shape index (κ1) is 10.8. The van der Waals surface area contributed by atoms with Gasteiger partial charge >= 0.3 is 0 Å². The third-order valence-corrected chi connectivity index (χ3v) is 3.46. The predicted molar refractivity (Wildman–Crippen MR) is 68.9 cm³/mol. The van der Waals surface area contributed by atoms with Crippen molar-refractivity contribution in [2.24, 2.45) is 4.99 Å². The Morgan fingerprint density at radius 3 is 2.76 bits per heavy atom. The van der Waals surface area contributed by atoms with Gasteiger partial charge in [0.2, 0.25) is 0 Å². The van der Waals surface area contributed by atoms with Gasteiger partial charge in [0.25, 0.3) is 0 Å². The highest BCUT2D eigenvalue weighted by Gasteiger charge is 2.17. The molecule has 0 N–H and O–H groups in total. The molecule has 0 aromatic heterocycles. The molecule has 1 fully saturated rings. The molecule has 0 amide bonds. The lowest BCUT2D eigenvalue weighted by Gasteiger charge is -2.29. The standard InChI is InChI=1S/C14H18N2O/c1-2-6-13-12(4-1)5-3-7-14(15-13)16-8-10-17-11-9-16/h1-2,4,6H,3,5,7-11H2. The predicted octanol–water partition coefficient (Wildman–Crippen LogP) is 2.39. The monoisotopic (exact) mass is 230 g/mol. The number of amidine groups is 1. The van der Waals surface area contributed by atoms with Crippen LogP contribution in [0.3, 0.4) is 0 Å². The summed E-state index contributed by atoms with van der Waals surface area (Å²) in [6, 6.07) is 8.50. The van der Waals surface area contributed by atoms with Gasteiger partial charge in [-0.25, -0.2) is 4.99 Å². The summed E-state index contributed by atoms with van der Waals surface area (Å²) in [5.74, 6) is 1.25. The lowest BCUT2D eigenvalue weighted by molar-refractivity contribution is 0.0672. The Balaban J connectivity index is 1.87. The molecule has 0 bridgehead atoms. The third-order valence-electron chi connectivity index (χ3n) is 3.46. The molecular formula is C14H18N2O. The maximum atomic E-state index is 5.39. The first-order valence-corrected chi connectivity index (χ1v) is 6.42. The number of ether oxygens (including phenoxy) is 1. The topological polar surface area (TPSA) is 24.8 Å². The van der Waals surface area contributed by atoms with Crippen LogP contribution in [0.5, 0.6) is 0 Å². The first-order chi connectivity index (χ1) is 8.43. The molecule has 1 aromatic carbocycles. The highest BCUT2D eigenvalue weighted by Crippen LogP contribution is 2.25. The van der Waals surface area contributed by atoms with E-state index in [-0.39, 0.29) is 0 Å². The zero-order chi connectivity index (χ0) is 11.5. The summed E-state index contributed by atoms with van der Waals surface area (Å²) in [5, 5.41) is 0. The molecule has 0 aliphatic carbocycles. The molecule has 3 rings (SSSR count). The Bertz CT molecular complexity index is 422. The second-order valence-corrected chi connectivity index (χ2v) is 4.61. The van der Waals surface area contributed by atoms with E-state index >= 15 is 0 Å². The van der Waals surface area contributed by atoms with Gasteiger partial charge in [-0.2, -0.15) is 0 Å². The normalized spacial score (nSPS) is 20.5. The molecule has 1 aromatic rings. The maximum absolute atomic E-state index is 5.39. The van der Waals surface area contributed by atoms with Crippen LogP contribution < -0.4 is 0 Å². The van der Waals surface area contributed by atoms with E-state index in [0.717, 1.165) is 44.8 Å². The van der Waals surface area contributed by atoms with Crippen LogP contribution in [0.4, 0.5) is 5.69 Å². The van der Waals surface area contributed by atoms with Gasteiger partial charge in [0.1, 0.15) is 5.84 Å². The maximum Gasteiger partial charge on any atom is 0.105 e. The molecule has 3 heteroatoms. The Morgan fingerprint density at radius 1 is 1.06 bits per heavy atom. The zero-order valence-electron chi connectivity index (χ0n) is 10.1. The van der Waals surface area contributed by atoms with E-state index < -0.39 is 0 Å². The van der Waals surface area contributed by atoms with Crippen molar-refractivity contribution in [1.29, 1.82) is 0 Å². The number of aryl methyl sites for hydroxylation is 1. The number of benzene rings is 1. The summed E-state index contributed by atoms with van der Waals surface area (Å²) in [6.07, 6.45) is 3.44. The molecule has 3 nitrogen and oxygen atoms in total. The number of hydrogen-bond donors (Lipinski definition) is 0. The fraction of sp³-hybridized carbons (Fsp3) is 0.500. The molecule has 17 heavy (non-hydrogen) atoms. The van der Waals surface area contributed by atoms with Crippen molar-refractivity contribution < 1.29 is 4.74 Å². The number of para-hydroxylation sites is 1. The minimum absolute atomic E-state index is 0.834. The van der Waals surface area contributed by atoms with Crippen molar-refractivity contribution in [2.75, 3.05) is 26.3 Å². The summed E-state index contributed by atoms with van der Waals surface area (Å²) >= 11 is 0. The average molecular weight is 230 g/mol. The molecule has 0 saturated carbocycles. The smallest absolute Gasteiger partial charge is 0.105 e. The molecule has 1 saturated heterocycles.